The van der Waals surface area contributed by atoms with Crippen LogP contribution in [0.2, 0.25) is 0 Å². The Morgan fingerprint density at radius 3 is 1.89 bits per heavy atom. The van der Waals surface area contributed by atoms with Gasteiger partial charge in [0.15, 0.2) is 0 Å². The van der Waals surface area contributed by atoms with Gasteiger partial charge >= 0.3 is 0 Å². The second-order valence-corrected chi connectivity index (χ2v) is 6.31. The molecule has 0 aromatic carbocycles. The Kier molecular flexibility index (Phi) is 12.0. The van der Waals surface area contributed by atoms with Crippen LogP contribution in [0.3, 0.4) is 0 Å². The summed E-state index contributed by atoms with van der Waals surface area (Å²) >= 11 is 0. The van der Waals surface area contributed by atoms with Crippen LogP contribution in [0.25, 0.3) is 0 Å². The zero-order valence-corrected chi connectivity index (χ0v) is 13.3. The van der Waals surface area contributed by atoms with Gasteiger partial charge in [0.25, 0.3) is 0 Å². The Labute approximate surface area is 115 Å². The second kappa shape index (κ2) is 12.0. The summed E-state index contributed by atoms with van der Waals surface area (Å²) in [5.74, 6) is 1.34. The average Bonchev–Trinajstić information content (AvgIpc) is 2.33. The van der Waals surface area contributed by atoms with Gasteiger partial charge in [-0.3, -0.25) is 0 Å². The van der Waals surface area contributed by atoms with Gasteiger partial charge in [-0.25, -0.2) is 0 Å². The summed E-state index contributed by atoms with van der Waals surface area (Å²) in [6.45, 7) is 8.73. The number of hydrogen-bond donors (Lipinski definition) is 1. The van der Waals surface area contributed by atoms with Gasteiger partial charge in [0.1, 0.15) is 0 Å². The third-order valence-corrected chi connectivity index (χ3v) is 4.23. The first kappa shape index (κ1) is 18.0. The van der Waals surface area contributed by atoms with Crippen LogP contribution in [-0.4, -0.2) is 11.2 Å². The van der Waals surface area contributed by atoms with E-state index in [0.29, 0.717) is 5.92 Å². The second-order valence-electron chi connectivity index (χ2n) is 6.31. The SMILES string of the molecule is CCCCCCCCC(C)CCC[C@@H](C)[C@H](C)O. The molecule has 18 heavy (non-hydrogen) atoms. The van der Waals surface area contributed by atoms with Gasteiger partial charge in [-0.15, -0.1) is 0 Å². The molecule has 0 radical (unpaired) electrons. The van der Waals surface area contributed by atoms with Crippen molar-refractivity contribution in [3.8, 4) is 0 Å². The average molecular weight is 256 g/mol. The fraction of sp³-hybridized carbons (Fsp3) is 1.00. The zero-order valence-electron chi connectivity index (χ0n) is 13.3. The summed E-state index contributed by atoms with van der Waals surface area (Å²) in [6.07, 6.45) is 13.5. The normalized spacial score (nSPS) is 16.5. The van der Waals surface area contributed by atoms with Crippen molar-refractivity contribution in [1.82, 2.24) is 0 Å². The molecule has 0 heterocycles. The molecule has 110 valence electrons. The van der Waals surface area contributed by atoms with Crippen molar-refractivity contribution in [1.29, 1.82) is 0 Å². The lowest BCUT2D eigenvalue weighted by Gasteiger charge is -2.16. The van der Waals surface area contributed by atoms with E-state index in [1.165, 1.54) is 64.2 Å². The first-order valence-electron chi connectivity index (χ1n) is 8.26. The lowest BCUT2D eigenvalue weighted by molar-refractivity contribution is 0.127. The number of aliphatic hydroxyl groups is 1. The molecule has 0 fully saturated rings. The van der Waals surface area contributed by atoms with Crippen molar-refractivity contribution >= 4 is 0 Å². The lowest BCUT2D eigenvalue weighted by Crippen LogP contribution is -2.13. The fourth-order valence-electron chi connectivity index (χ4n) is 2.45. The molecule has 0 amide bonds. The molecule has 0 rings (SSSR count). The van der Waals surface area contributed by atoms with Crippen molar-refractivity contribution in [2.75, 3.05) is 0 Å². The van der Waals surface area contributed by atoms with E-state index >= 15 is 0 Å². The van der Waals surface area contributed by atoms with E-state index in [2.05, 4.69) is 20.8 Å². The smallest absolute Gasteiger partial charge is 0.0537 e. The van der Waals surface area contributed by atoms with Crippen LogP contribution in [0, 0.1) is 11.8 Å². The molecule has 1 nitrogen and oxygen atoms in total. The molecule has 0 aliphatic heterocycles. The summed E-state index contributed by atoms with van der Waals surface area (Å²) in [4.78, 5) is 0. The predicted molar refractivity (Wildman–Crippen MR) is 81.9 cm³/mol. The summed E-state index contributed by atoms with van der Waals surface area (Å²) in [5.41, 5.74) is 0. The first-order valence-corrected chi connectivity index (χ1v) is 8.26. The number of hydrogen-bond acceptors (Lipinski definition) is 1. The van der Waals surface area contributed by atoms with Crippen molar-refractivity contribution in [2.45, 2.75) is 98.0 Å². The molecule has 1 unspecified atom stereocenters. The molecule has 0 aromatic rings. The highest BCUT2D eigenvalue weighted by Crippen LogP contribution is 2.19. The van der Waals surface area contributed by atoms with E-state index in [9.17, 15) is 5.11 Å². The van der Waals surface area contributed by atoms with Gasteiger partial charge in [-0.2, -0.15) is 0 Å². The van der Waals surface area contributed by atoms with Crippen molar-refractivity contribution in [2.24, 2.45) is 11.8 Å². The van der Waals surface area contributed by atoms with Crippen LogP contribution in [-0.2, 0) is 0 Å². The van der Waals surface area contributed by atoms with Crippen molar-refractivity contribution in [3.63, 3.8) is 0 Å². The topological polar surface area (TPSA) is 20.2 Å². The Bertz CT molecular complexity index is 165. The molecule has 0 bridgehead atoms. The maximum atomic E-state index is 9.43. The van der Waals surface area contributed by atoms with Crippen molar-refractivity contribution < 1.29 is 5.11 Å². The van der Waals surface area contributed by atoms with E-state index in [1.54, 1.807) is 0 Å². The van der Waals surface area contributed by atoms with Crippen LogP contribution >= 0.6 is 0 Å². The quantitative estimate of drug-likeness (QED) is 0.453. The third kappa shape index (κ3) is 11.1. The highest BCUT2D eigenvalue weighted by Gasteiger charge is 2.09. The molecule has 0 aromatic heterocycles. The van der Waals surface area contributed by atoms with Gasteiger partial charge in [-0.1, -0.05) is 78.6 Å². The summed E-state index contributed by atoms with van der Waals surface area (Å²) in [5, 5.41) is 9.43. The predicted octanol–water partition coefficient (Wildman–Crippen LogP) is 5.56. The Hall–Kier alpha value is -0.0400. The van der Waals surface area contributed by atoms with Crippen LogP contribution in [0.4, 0.5) is 0 Å². The van der Waals surface area contributed by atoms with Gasteiger partial charge < -0.3 is 5.11 Å². The molecule has 0 saturated heterocycles. The van der Waals surface area contributed by atoms with Gasteiger partial charge in [0.05, 0.1) is 6.10 Å². The molecule has 0 aliphatic rings. The standard InChI is InChI=1S/C17H36O/c1-5-6-7-8-9-10-12-15(2)13-11-14-16(3)17(4)18/h15-18H,5-14H2,1-4H3/t15?,16-,17+/m1/s1. The Morgan fingerprint density at radius 1 is 0.722 bits per heavy atom. The summed E-state index contributed by atoms with van der Waals surface area (Å²) in [7, 11) is 0. The molecule has 3 atom stereocenters. The highest BCUT2D eigenvalue weighted by atomic mass is 16.3. The lowest BCUT2D eigenvalue weighted by atomic mass is 9.93. The highest BCUT2D eigenvalue weighted by molar-refractivity contribution is 4.61. The Morgan fingerprint density at radius 2 is 1.28 bits per heavy atom. The van der Waals surface area contributed by atoms with E-state index < -0.39 is 0 Å². The number of aliphatic hydroxyl groups excluding tert-OH is 1. The zero-order chi connectivity index (χ0) is 13.8. The minimum Gasteiger partial charge on any atom is -0.393 e. The van der Waals surface area contributed by atoms with Crippen LogP contribution in [0.1, 0.15) is 91.9 Å². The number of rotatable bonds is 12. The maximum absolute atomic E-state index is 9.43. The molecule has 1 N–H and O–H groups in total. The summed E-state index contributed by atoms with van der Waals surface area (Å²) < 4.78 is 0. The van der Waals surface area contributed by atoms with Gasteiger partial charge in [0, 0.05) is 0 Å². The van der Waals surface area contributed by atoms with Gasteiger partial charge in [0.2, 0.25) is 0 Å². The van der Waals surface area contributed by atoms with Crippen molar-refractivity contribution in [3.05, 3.63) is 0 Å². The van der Waals surface area contributed by atoms with Crippen LogP contribution < -0.4 is 0 Å². The molecule has 0 saturated carbocycles. The summed E-state index contributed by atoms with van der Waals surface area (Å²) in [6, 6.07) is 0. The Balaban J connectivity index is 3.29. The first-order chi connectivity index (χ1) is 8.57. The third-order valence-electron chi connectivity index (χ3n) is 4.23. The monoisotopic (exact) mass is 256 g/mol. The van der Waals surface area contributed by atoms with E-state index in [1.807, 2.05) is 6.92 Å². The minimum absolute atomic E-state index is 0.140. The minimum atomic E-state index is -0.140. The molecule has 0 spiro atoms. The van der Waals surface area contributed by atoms with E-state index in [0.717, 1.165) is 5.92 Å². The van der Waals surface area contributed by atoms with Gasteiger partial charge in [-0.05, 0) is 25.2 Å². The van der Waals surface area contributed by atoms with Crippen LogP contribution in [0.15, 0.2) is 0 Å². The molecular formula is C17H36O. The number of unbranched alkanes of at least 4 members (excludes halogenated alkanes) is 5. The van der Waals surface area contributed by atoms with Crippen LogP contribution in [0.5, 0.6) is 0 Å². The largest absolute Gasteiger partial charge is 0.393 e. The molecular weight excluding hydrogens is 220 g/mol. The van der Waals surface area contributed by atoms with E-state index in [4.69, 9.17) is 0 Å². The molecule has 1 heteroatoms. The van der Waals surface area contributed by atoms with E-state index in [-0.39, 0.29) is 6.10 Å². The fourth-order valence-corrected chi connectivity index (χ4v) is 2.45. The maximum Gasteiger partial charge on any atom is 0.0537 e. The molecule has 0 aliphatic carbocycles.